The highest BCUT2D eigenvalue weighted by Crippen LogP contribution is 2.14. The van der Waals surface area contributed by atoms with Gasteiger partial charge in [-0.3, -0.25) is 0 Å². The van der Waals surface area contributed by atoms with Gasteiger partial charge in [-0.25, -0.2) is 0 Å². The van der Waals surface area contributed by atoms with Gasteiger partial charge >= 0.3 is 0 Å². The molecule has 0 heterocycles. The van der Waals surface area contributed by atoms with Crippen molar-refractivity contribution in [2.75, 3.05) is 12.4 Å². The number of thioether (sulfide) groups is 1. The van der Waals surface area contributed by atoms with Crippen molar-refractivity contribution in [3.63, 3.8) is 0 Å². The molecule has 0 saturated carbocycles. The Labute approximate surface area is 71.0 Å². The van der Waals surface area contributed by atoms with Crippen LogP contribution in [0.3, 0.4) is 0 Å². The molecule has 0 aliphatic carbocycles. The molecule has 0 aromatic heterocycles. The van der Waals surface area contributed by atoms with Crippen LogP contribution in [-0.2, 0) is 0 Å². The maximum atomic E-state index is 8.92. The predicted octanol–water partition coefficient (Wildman–Crippen LogP) is 0.375. The summed E-state index contributed by atoms with van der Waals surface area (Å²) in [5.74, 6) is 0.499. The predicted molar refractivity (Wildman–Crippen MR) is 45.2 cm³/mol. The Morgan fingerprint density at radius 2 is 2.27 bits per heavy atom. The molecule has 0 radical (unpaired) electrons. The minimum absolute atomic E-state index is 0.202. The molecule has 0 fully saturated rings. The van der Waals surface area contributed by atoms with Crippen molar-refractivity contribution in [1.82, 2.24) is 0 Å². The Bertz CT molecular complexity index is 135. The highest BCUT2D eigenvalue weighted by atomic mass is 32.2. The number of nitrogens with zero attached hydrogens (tertiary/aromatic N) is 1. The largest absolute Gasteiger partial charge is 0.394 e. The maximum absolute atomic E-state index is 8.92. The van der Waals surface area contributed by atoms with Crippen LogP contribution in [0.1, 0.15) is 13.3 Å². The third-order valence-electron chi connectivity index (χ3n) is 1.16. The van der Waals surface area contributed by atoms with Crippen molar-refractivity contribution < 1.29 is 10.2 Å². The molecule has 0 spiro atoms. The smallest absolute Gasteiger partial charge is 0.0861 e. The summed E-state index contributed by atoms with van der Waals surface area (Å²) in [6, 6.07) is 2.04. The third kappa shape index (κ3) is 6.17. The Hall–Kier alpha value is -0.240. The quantitative estimate of drug-likeness (QED) is 0.634. The summed E-state index contributed by atoms with van der Waals surface area (Å²) < 4.78 is 0. The molecule has 0 aromatic rings. The van der Waals surface area contributed by atoms with Crippen molar-refractivity contribution >= 4 is 11.8 Å². The first kappa shape index (κ1) is 10.8. The van der Waals surface area contributed by atoms with Crippen molar-refractivity contribution in [3.8, 4) is 6.07 Å². The first-order chi connectivity index (χ1) is 5.20. The van der Waals surface area contributed by atoms with Gasteiger partial charge in [0.1, 0.15) is 0 Å². The maximum Gasteiger partial charge on any atom is 0.0861 e. The molecule has 2 N–H and O–H groups in total. The lowest BCUT2D eigenvalue weighted by Gasteiger charge is -2.09. The van der Waals surface area contributed by atoms with E-state index in [4.69, 9.17) is 15.5 Å². The lowest BCUT2D eigenvalue weighted by molar-refractivity contribution is 0.113. The normalized spacial score (nSPS) is 15.5. The Balaban J connectivity index is 3.31. The van der Waals surface area contributed by atoms with Gasteiger partial charge in [-0.2, -0.15) is 17.0 Å². The van der Waals surface area contributed by atoms with Gasteiger partial charge in [-0.1, -0.05) is 6.92 Å². The van der Waals surface area contributed by atoms with Crippen LogP contribution in [0, 0.1) is 11.3 Å². The van der Waals surface area contributed by atoms with Gasteiger partial charge in [0.05, 0.1) is 18.8 Å². The zero-order valence-corrected chi connectivity index (χ0v) is 7.34. The Morgan fingerprint density at radius 1 is 1.64 bits per heavy atom. The van der Waals surface area contributed by atoms with E-state index in [1.54, 1.807) is 0 Å². The van der Waals surface area contributed by atoms with Gasteiger partial charge in [0.15, 0.2) is 0 Å². The van der Waals surface area contributed by atoms with Crippen LogP contribution in [0.15, 0.2) is 0 Å². The van der Waals surface area contributed by atoms with Crippen LogP contribution >= 0.6 is 11.8 Å². The van der Waals surface area contributed by atoms with Gasteiger partial charge in [0.2, 0.25) is 0 Å². The van der Waals surface area contributed by atoms with Gasteiger partial charge in [0.25, 0.3) is 0 Å². The number of hydrogen-bond donors (Lipinski definition) is 2. The molecule has 0 aliphatic heterocycles. The second-order valence-electron chi connectivity index (χ2n) is 2.34. The fourth-order valence-corrected chi connectivity index (χ4v) is 1.36. The molecule has 2 atom stereocenters. The van der Waals surface area contributed by atoms with Gasteiger partial charge in [0, 0.05) is 17.4 Å². The van der Waals surface area contributed by atoms with Crippen molar-refractivity contribution in [1.29, 1.82) is 5.26 Å². The van der Waals surface area contributed by atoms with Crippen molar-refractivity contribution in [2.24, 2.45) is 0 Å². The molecule has 0 aromatic carbocycles. The fraction of sp³-hybridized carbons (Fsp3) is 0.857. The number of aliphatic hydroxyl groups excluding tert-OH is 2. The molecule has 64 valence electrons. The van der Waals surface area contributed by atoms with E-state index in [2.05, 4.69) is 0 Å². The van der Waals surface area contributed by atoms with E-state index in [-0.39, 0.29) is 11.9 Å². The van der Waals surface area contributed by atoms with Crippen molar-refractivity contribution in [3.05, 3.63) is 0 Å². The molecule has 2 unspecified atom stereocenters. The zero-order chi connectivity index (χ0) is 8.69. The summed E-state index contributed by atoms with van der Waals surface area (Å²) in [6.07, 6.45) is -0.163. The molecule has 11 heavy (non-hydrogen) atoms. The molecular weight excluding hydrogens is 162 g/mol. The van der Waals surface area contributed by atoms with Gasteiger partial charge in [-0.05, 0) is 0 Å². The molecule has 3 nitrogen and oxygen atoms in total. The summed E-state index contributed by atoms with van der Waals surface area (Å²) in [6.45, 7) is 1.73. The highest BCUT2D eigenvalue weighted by molar-refractivity contribution is 7.99. The number of hydrogen-bond acceptors (Lipinski definition) is 4. The molecule has 0 aliphatic rings. The van der Waals surface area contributed by atoms with Crippen LogP contribution in [0.2, 0.25) is 0 Å². The SMILES string of the molecule is CC(CC#N)SCC(O)CO. The third-order valence-corrected chi connectivity index (χ3v) is 2.48. The average molecular weight is 175 g/mol. The van der Waals surface area contributed by atoms with Crippen molar-refractivity contribution in [2.45, 2.75) is 24.7 Å². The summed E-state index contributed by atoms with van der Waals surface area (Å²) in [7, 11) is 0. The number of aliphatic hydroxyl groups is 2. The van der Waals surface area contributed by atoms with E-state index in [1.165, 1.54) is 11.8 Å². The van der Waals surface area contributed by atoms with E-state index in [0.29, 0.717) is 12.2 Å². The molecule has 4 heteroatoms. The second kappa shape index (κ2) is 6.47. The van der Waals surface area contributed by atoms with E-state index in [1.807, 2.05) is 13.0 Å². The number of nitriles is 1. The van der Waals surface area contributed by atoms with E-state index < -0.39 is 6.10 Å². The lowest BCUT2D eigenvalue weighted by Crippen LogP contribution is -2.16. The monoisotopic (exact) mass is 175 g/mol. The summed E-state index contributed by atoms with van der Waals surface area (Å²) in [4.78, 5) is 0. The van der Waals surface area contributed by atoms with Crippen LogP contribution in [0.5, 0.6) is 0 Å². The van der Waals surface area contributed by atoms with E-state index in [9.17, 15) is 0 Å². The molecule has 0 rings (SSSR count). The molecule has 0 saturated heterocycles. The van der Waals surface area contributed by atoms with Gasteiger partial charge < -0.3 is 10.2 Å². The van der Waals surface area contributed by atoms with Crippen LogP contribution < -0.4 is 0 Å². The fourth-order valence-electron chi connectivity index (χ4n) is 0.516. The minimum atomic E-state index is -0.652. The van der Waals surface area contributed by atoms with Crippen LogP contribution in [0.4, 0.5) is 0 Å². The standard InChI is InChI=1S/C7H13NO2S/c1-6(2-3-8)11-5-7(10)4-9/h6-7,9-10H,2,4-5H2,1H3. The van der Waals surface area contributed by atoms with Crippen LogP contribution in [0.25, 0.3) is 0 Å². The zero-order valence-electron chi connectivity index (χ0n) is 6.53. The number of rotatable bonds is 5. The summed E-state index contributed by atoms with van der Waals surface area (Å²) >= 11 is 1.50. The topological polar surface area (TPSA) is 64.2 Å². The Kier molecular flexibility index (Phi) is 6.33. The van der Waals surface area contributed by atoms with Gasteiger partial charge in [-0.15, -0.1) is 0 Å². The van der Waals surface area contributed by atoms with E-state index in [0.717, 1.165) is 0 Å². The first-order valence-corrected chi connectivity index (χ1v) is 4.53. The molecular formula is C7H13NO2S. The highest BCUT2D eigenvalue weighted by Gasteiger charge is 2.06. The summed E-state index contributed by atoms with van der Waals surface area (Å²) in [5.41, 5.74) is 0. The minimum Gasteiger partial charge on any atom is -0.394 e. The van der Waals surface area contributed by atoms with Crippen LogP contribution in [-0.4, -0.2) is 33.9 Å². The van der Waals surface area contributed by atoms with E-state index >= 15 is 0 Å². The average Bonchev–Trinajstić information content (AvgIpc) is 2.01. The second-order valence-corrected chi connectivity index (χ2v) is 3.81. The lowest BCUT2D eigenvalue weighted by atomic mass is 10.4. The first-order valence-electron chi connectivity index (χ1n) is 3.48. The molecule has 0 bridgehead atoms. The summed E-state index contributed by atoms with van der Waals surface area (Å²) in [5, 5.41) is 25.9. The Morgan fingerprint density at radius 3 is 2.73 bits per heavy atom. The molecule has 0 amide bonds.